The van der Waals surface area contributed by atoms with Crippen molar-refractivity contribution in [1.82, 2.24) is 0 Å². The van der Waals surface area contributed by atoms with Crippen molar-refractivity contribution in [3.05, 3.63) is 29.8 Å². The Morgan fingerprint density at radius 2 is 2.00 bits per heavy atom. The monoisotopic (exact) mass is 160 g/mol. The molecule has 1 aromatic carbocycles. The molecule has 0 nitrogen and oxygen atoms in total. The van der Waals surface area contributed by atoms with Crippen LogP contribution < -0.4 is 4.50 Å². The van der Waals surface area contributed by atoms with Crippen LogP contribution in [0.15, 0.2) is 24.3 Å². The zero-order chi connectivity index (χ0) is 6.69. The molecule has 0 spiro atoms. The number of rotatable bonds is 0. The Labute approximate surface area is 62.9 Å². The van der Waals surface area contributed by atoms with Gasteiger partial charge in [0.15, 0.2) is 0 Å². The average molecular weight is 160 g/mol. The predicted octanol–water partition coefficient (Wildman–Crippen LogP) is 0.840. The zero-order valence-corrected chi connectivity index (χ0v) is 5.76. The summed E-state index contributed by atoms with van der Waals surface area (Å²) in [5, 5.41) is 0. The number of benzene rings is 1. The third-order valence-corrected chi connectivity index (χ3v) is 1.46. The molecular weight excluding hydrogens is 155 g/mol. The minimum atomic E-state index is 0.845. The van der Waals surface area contributed by atoms with Gasteiger partial charge in [0.1, 0.15) is 0 Å². The maximum atomic E-state index is 5.15. The van der Waals surface area contributed by atoms with E-state index in [0.717, 1.165) is 10.1 Å². The summed E-state index contributed by atoms with van der Waals surface area (Å²) in [6.45, 7) is 0. The summed E-state index contributed by atoms with van der Waals surface area (Å²) in [6.07, 6.45) is 5.15. The van der Waals surface area contributed by atoms with Crippen molar-refractivity contribution in [2.75, 3.05) is 0 Å². The summed E-state index contributed by atoms with van der Waals surface area (Å²) in [4.78, 5) is 0. The second-order valence-corrected chi connectivity index (χ2v) is 2.16. The molecule has 0 bridgehead atoms. The van der Waals surface area contributed by atoms with Crippen molar-refractivity contribution in [2.45, 2.75) is 0 Å². The van der Waals surface area contributed by atoms with Crippen molar-refractivity contribution in [2.24, 2.45) is 0 Å². The van der Waals surface area contributed by atoms with Gasteiger partial charge in [-0.3, -0.25) is 0 Å². The normalized spacial score (nSPS) is 8.56. The zero-order valence-electron chi connectivity index (χ0n) is 4.72. The van der Waals surface area contributed by atoms with Crippen LogP contribution in [0, 0.1) is 12.3 Å². The van der Waals surface area contributed by atoms with E-state index < -0.39 is 0 Å². The molecule has 0 saturated carbocycles. The van der Waals surface area contributed by atoms with Crippen molar-refractivity contribution < 1.29 is 15.7 Å². The fourth-order valence-electron chi connectivity index (χ4n) is 0.567. The van der Waals surface area contributed by atoms with Gasteiger partial charge in [0, 0.05) is 0 Å². The van der Waals surface area contributed by atoms with E-state index in [1.807, 2.05) is 24.3 Å². The Kier molecular flexibility index (Phi) is 1.94. The molecule has 0 aliphatic rings. The molecule has 0 aromatic heterocycles. The van der Waals surface area contributed by atoms with Crippen molar-refractivity contribution in [1.29, 1.82) is 0 Å². The molecule has 0 fully saturated rings. The van der Waals surface area contributed by atoms with E-state index in [2.05, 4.69) is 21.7 Å². The van der Waals surface area contributed by atoms with Gasteiger partial charge in [-0.05, 0) is 0 Å². The summed E-state index contributed by atoms with van der Waals surface area (Å²) in [7, 11) is 0. The molecular formula is C8H5Co. The second-order valence-electron chi connectivity index (χ2n) is 1.60. The van der Waals surface area contributed by atoms with Crippen LogP contribution in [0.25, 0.3) is 0 Å². The Morgan fingerprint density at radius 3 is 2.44 bits per heavy atom. The predicted molar refractivity (Wildman–Crippen MR) is 34.0 cm³/mol. The van der Waals surface area contributed by atoms with Gasteiger partial charge in [-0.1, -0.05) is 0 Å². The number of terminal acetylenes is 1. The van der Waals surface area contributed by atoms with Crippen LogP contribution >= 0.6 is 0 Å². The van der Waals surface area contributed by atoms with Gasteiger partial charge in [-0.2, -0.15) is 0 Å². The summed E-state index contributed by atoms with van der Waals surface area (Å²) in [6, 6.07) is 7.53. The van der Waals surface area contributed by atoms with Gasteiger partial charge >= 0.3 is 62.4 Å². The quantitative estimate of drug-likeness (QED) is 0.493. The minimum absolute atomic E-state index is 0.845. The molecule has 46 valence electrons. The van der Waals surface area contributed by atoms with Crippen molar-refractivity contribution in [3.8, 4) is 12.3 Å². The fourth-order valence-corrected chi connectivity index (χ4v) is 0.829. The first-order valence-electron chi connectivity index (χ1n) is 2.53. The van der Waals surface area contributed by atoms with Gasteiger partial charge in [-0.15, -0.1) is 0 Å². The van der Waals surface area contributed by atoms with E-state index in [1.54, 1.807) is 0 Å². The van der Waals surface area contributed by atoms with Gasteiger partial charge in [0.05, 0.1) is 0 Å². The Hall–Kier alpha value is -0.714. The molecule has 0 radical (unpaired) electrons. The molecule has 0 unspecified atom stereocenters. The molecule has 9 heavy (non-hydrogen) atoms. The topological polar surface area (TPSA) is 0 Å². The molecule has 1 rings (SSSR count). The summed E-state index contributed by atoms with van der Waals surface area (Å²) in [5.74, 6) is 2.52. The van der Waals surface area contributed by atoms with E-state index in [1.165, 1.54) is 0 Å². The van der Waals surface area contributed by atoms with Crippen LogP contribution in [-0.4, -0.2) is 0 Å². The molecule has 0 atom stereocenters. The molecule has 1 aromatic rings. The average Bonchev–Trinajstić information content (AvgIpc) is 1.89. The molecule has 0 saturated heterocycles. The summed E-state index contributed by atoms with van der Waals surface area (Å²) >= 11 is 4.18. The van der Waals surface area contributed by atoms with Crippen LogP contribution in [0.2, 0.25) is 0 Å². The van der Waals surface area contributed by atoms with Gasteiger partial charge < -0.3 is 0 Å². The van der Waals surface area contributed by atoms with E-state index in [0.29, 0.717) is 0 Å². The Morgan fingerprint density at radius 1 is 1.33 bits per heavy atom. The number of hydrogen-bond donors (Lipinski definition) is 0. The van der Waals surface area contributed by atoms with E-state index in [4.69, 9.17) is 6.42 Å². The maximum absolute atomic E-state index is 5.15. The fraction of sp³-hybridized carbons (Fsp3) is 0. The SMILES string of the molecule is C#Cc1cccc[c]1[Co]. The number of hydrogen-bond acceptors (Lipinski definition) is 0. The molecule has 0 amide bonds. The van der Waals surface area contributed by atoms with Crippen LogP contribution in [0.4, 0.5) is 0 Å². The first-order chi connectivity index (χ1) is 4.34. The summed E-state index contributed by atoms with van der Waals surface area (Å²) in [5.41, 5.74) is 0.845. The Bertz CT molecular complexity index is 245. The second kappa shape index (κ2) is 2.72. The van der Waals surface area contributed by atoms with E-state index in [-0.39, 0.29) is 0 Å². The molecule has 0 aliphatic heterocycles. The van der Waals surface area contributed by atoms with Gasteiger partial charge in [-0.25, -0.2) is 0 Å². The van der Waals surface area contributed by atoms with E-state index in [9.17, 15) is 0 Å². The third kappa shape index (κ3) is 1.35. The summed E-state index contributed by atoms with van der Waals surface area (Å²) < 4.78 is 0.854. The van der Waals surface area contributed by atoms with Crippen LogP contribution in [-0.2, 0) is 15.7 Å². The third-order valence-electron chi connectivity index (χ3n) is 1.01. The molecule has 0 aliphatic carbocycles. The standard InChI is InChI=1S/C8H5.Co/c1-2-8-6-4-3-5-7-8;/h1,3-6H;. The van der Waals surface area contributed by atoms with Crippen LogP contribution in [0.3, 0.4) is 0 Å². The molecule has 0 heterocycles. The van der Waals surface area contributed by atoms with Crippen molar-refractivity contribution in [3.63, 3.8) is 0 Å². The molecule has 1 heteroatoms. The first-order valence-corrected chi connectivity index (χ1v) is 3.05. The Balaban J connectivity index is 3.20. The van der Waals surface area contributed by atoms with Crippen molar-refractivity contribution >= 4 is 4.50 Å². The van der Waals surface area contributed by atoms with Gasteiger partial charge in [0.2, 0.25) is 0 Å². The van der Waals surface area contributed by atoms with Crippen LogP contribution in [0.5, 0.6) is 0 Å². The molecule has 0 N–H and O–H groups in total. The first kappa shape index (κ1) is 6.41. The van der Waals surface area contributed by atoms with E-state index >= 15 is 0 Å². The van der Waals surface area contributed by atoms with Crippen LogP contribution in [0.1, 0.15) is 5.56 Å². The van der Waals surface area contributed by atoms with Gasteiger partial charge in [0.25, 0.3) is 0 Å².